The minimum absolute atomic E-state index is 0.114. The molecule has 0 aliphatic rings. The zero-order valence-corrected chi connectivity index (χ0v) is 15.4. The molecule has 0 amide bonds. The first-order valence-electron chi connectivity index (χ1n) is 8.82. The van der Waals surface area contributed by atoms with Crippen LogP contribution in [0.5, 0.6) is 0 Å². The van der Waals surface area contributed by atoms with Gasteiger partial charge in [0, 0.05) is 12.7 Å². The van der Waals surface area contributed by atoms with Gasteiger partial charge in [-0.3, -0.25) is 13.8 Å². The maximum absolute atomic E-state index is 14.2. The third kappa shape index (κ3) is 2.85. The van der Waals surface area contributed by atoms with Crippen LogP contribution in [0, 0.1) is 5.82 Å². The summed E-state index contributed by atoms with van der Waals surface area (Å²) in [7, 11) is 1.68. The molecular formula is C20H20FN5O. The highest BCUT2D eigenvalue weighted by Gasteiger charge is 2.14. The van der Waals surface area contributed by atoms with Gasteiger partial charge in [0.25, 0.3) is 5.56 Å². The lowest BCUT2D eigenvalue weighted by Crippen LogP contribution is -2.20. The minimum atomic E-state index is -0.228. The Kier molecular flexibility index (Phi) is 4.14. The van der Waals surface area contributed by atoms with Gasteiger partial charge in [-0.15, -0.1) is 10.2 Å². The molecule has 0 bridgehead atoms. The first-order valence-corrected chi connectivity index (χ1v) is 8.82. The fourth-order valence-corrected chi connectivity index (χ4v) is 3.29. The van der Waals surface area contributed by atoms with Crippen LogP contribution >= 0.6 is 0 Å². The van der Waals surface area contributed by atoms with Gasteiger partial charge in [-0.05, 0) is 35.7 Å². The second-order valence-corrected chi connectivity index (χ2v) is 6.88. The number of hydrogen-bond donors (Lipinski definition) is 1. The first kappa shape index (κ1) is 17.2. The number of anilines is 1. The summed E-state index contributed by atoms with van der Waals surface area (Å²) in [6.07, 6.45) is 0. The fourth-order valence-electron chi connectivity index (χ4n) is 3.29. The maximum atomic E-state index is 14.2. The summed E-state index contributed by atoms with van der Waals surface area (Å²) in [5.41, 5.74) is 1.99. The van der Waals surface area contributed by atoms with Gasteiger partial charge >= 0.3 is 0 Å². The molecule has 4 rings (SSSR count). The molecule has 0 atom stereocenters. The van der Waals surface area contributed by atoms with Gasteiger partial charge in [-0.25, -0.2) is 4.39 Å². The second-order valence-electron chi connectivity index (χ2n) is 6.88. The number of halogens is 1. The van der Waals surface area contributed by atoms with Gasteiger partial charge in [-0.1, -0.05) is 32.0 Å². The summed E-state index contributed by atoms with van der Waals surface area (Å²) in [5.74, 6) is 1.02. The average molecular weight is 365 g/mol. The Bertz CT molecular complexity index is 1210. The average Bonchev–Trinajstić information content (AvgIpc) is 3.08. The fraction of sp³-hybridized carbons (Fsp3) is 0.250. The lowest BCUT2D eigenvalue weighted by molar-refractivity contribution is 0.598. The molecule has 0 aliphatic carbocycles. The SMILES string of the molecule is CC(C)c1ccc(NCc2nnc3n(C)c(=O)c4ccccc4n23)cc1F. The normalized spacial score (nSPS) is 11.6. The Labute approximate surface area is 155 Å². The molecule has 7 heteroatoms. The summed E-state index contributed by atoms with van der Waals surface area (Å²) in [5, 5.41) is 12.2. The van der Waals surface area contributed by atoms with Gasteiger partial charge in [0.1, 0.15) is 5.82 Å². The Hall–Kier alpha value is -3.22. The highest BCUT2D eigenvalue weighted by molar-refractivity contribution is 5.80. The Morgan fingerprint density at radius 3 is 2.67 bits per heavy atom. The van der Waals surface area contributed by atoms with Crippen molar-refractivity contribution in [2.75, 3.05) is 5.32 Å². The standard InChI is InChI=1S/C20H20FN5O/c1-12(2)14-9-8-13(10-16(14)21)22-11-18-23-24-20-25(3)19(27)15-6-4-5-7-17(15)26(18)20/h4-10,12,22H,11H2,1-3H3. The van der Waals surface area contributed by atoms with E-state index in [-0.39, 0.29) is 17.3 Å². The van der Waals surface area contributed by atoms with Crippen molar-refractivity contribution >= 4 is 22.4 Å². The predicted molar refractivity (Wildman–Crippen MR) is 104 cm³/mol. The van der Waals surface area contributed by atoms with Crippen molar-refractivity contribution in [1.82, 2.24) is 19.2 Å². The third-order valence-electron chi connectivity index (χ3n) is 4.77. The van der Waals surface area contributed by atoms with Crippen molar-refractivity contribution in [2.45, 2.75) is 26.3 Å². The van der Waals surface area contributed by atoms with Crippen LogP contribution in [-0.4, -0.2) is 19.2 Å². The third-order valence-corrected chi connectivity index (χ3v) is 4.77. The summed E-state index contributed by atoms with van der Waals surface area (Å²) in [6, 6.07) is 12.5. The van der Waals surface area contributed by atoms with E-state index in [0.29, 0.717) is 34.8 Å². The van der Waals surface area contributed by atoms with Crippen LogP contribution < -0.4 is 10.9 Å². The molecule has 4 aromatic rings. The van der Waals surface area contributed by atoms with E-state index in [9.17, 15) is 9.18 Å². The van der Waals surface area contributed by atoms with Crippen molar-refractivity contribution in [1.29, 1.82) is 0 Å². The summed E-state index contributed by atoms with van der Waals surface area (Å²) in [6.45, 7) is 4.27. The molecule has 0 saturated heterocycles. The molecule has 0 unspecified atom stereocenters. The number of para-hydroxylation sites is 1. The molecule has 2 heterocycles. The molecule has 138 valence electrons. The topological polar surface area (TPSA) is 64.2 Å². The van der Waals surface area contributed by atoms with Crippen LogP contribution in [0.3, 0.4) is 0 Å². The van der Waals surface area contributed by atoms with E-state index < -0.39 is 0 Å². The molecule has 6 nitrogen and oxygen atoms in total. The van der Waals surface area contributed by atoms with E-state index >= 15 is 0 Å². The molecule has 2 aromatic carbocycles. The minimum Gasteiger partial charge on any atom is -0.378 e. The van der Waals surface area contributed by atoms with E-state index in [4.69, 9.17) is 0 Å². The van der Waals surface area contributed by atoms with Crippen molar-refractivity contribution in [3.05, 3.63) is 70.0 Å². The van der Waals surface area contributed by atoms with E-state index in [0.717, 1.165) is 5.52 Å². The van der Waals surface area contributed by atoms with E-state index in [1.54, 1.807) is 19.2 Å². The number of hydrogen-bond acceptors (Lipinski definition) is 4. The van der Waals surface area contributed by atoms with E-state index in [1.165, 1.54) is 10.6 Å². The number of aryl methyl sites for hydroxylation is 1. The molecule has 0 fully saturated rings. The van der Waals surface area contributed by atoms with Crippen LogP contribution in [-0.2, 0) is 13.6 Å². The zero-order chi connectivity index (χ0) is 19.1. The Morgan fingerprint density at radius 1 is 1.15 bits per heavy atom. The molecule has 27 heavy (non-hydrogen) atoms. The molecule has 0 radical (unpaired) electrons. The number of nitrogens with zero attached hydrogens (tertiary/aromatic N) is 4. The highest BCUT2D eigenvalue weighted by atomic mass is 19.1. The molecule has 0 saturated carbocycles. The quantitative estimate of drug-likeness (QED) is 0.602. The number of rotatable bonds is 4. The maximum Gasteiger partial charge on any atom is 0.262 e. The molecule has 0 spiro atoms. The number of nitrogens with one attached hydrogen (secondary N) is 1. The van der Waals surface area contributed by atoms with Crippen LogP contribution in [0.1, 0.15) is 31.2 Å². The molecular weight excluding hydrogens is 345 g/mol. The van der Waals surface area contributed by atoms with Crippen molar-refractivity contribution in [3.63, 3.8) is 0 Å². The Morgan fingerprint density at radius 2 is 1.93 bits per heavy atom. The van der Waals surface area contributed by atoms with Crippen molar-refractivity contribution < 1.29 is 4.39 Å². The smallest absolute Gasteiger partial charge is 0.262 e. The molecule has 0 aliphatic heterocycles. The lowest BCUT2D eigenvalue weighted by atomic mass is 10.0. The van der Waals surface area contributed by atoms with Gasteiger partial charge in [0.15, 0.2) is 5.82 Å². The summed E-state index contributed by atoms with van der Waals surface area (Å²) < 4.78 is 17.5. The number of benzene rings is 2. The van der Waals surface area contributed by atoms with Crippen LogP contribution in [0.4, 0.5) is 10.1 Å². The van der Waals surface area contributed by atoms with Gasteiger partial charge < -0.3 is 5.32 Å². The monoisotopic (exact) mass is 365 g/mol. The number of aromatic nitrogens is 4. The second kappa shape index (κ2) is 6.50. The van der Waals surface area contributed by atoms with Gasteiger partial charge in [0.05, 0.1) is 17.4 Å². The van der Waals surface area contributed by atoms with Gasteiger partial charge in [-0.2, -0.15) is 0 Å². The van der Waals surface area contributed by atoms with Gasteiger partial charge in [0.2, 0.25) is 5.78 Å². The zero-order valence-electron chi connectivity index (χ0n) is 15.4. The summed E-state index contributed by atoms with van der Waals surface area (Å²) in [4.78, 5) is 12.5. The van der Waals surface area contributed by atoms with Crippen molar-refractivity contribution in [3.8, 4) is 0 Å². The lowest BCUT2D eigenvalue weighted by Gasteiger charge is -2.11. The van der Waals surface area contributed by atoms with Crippen LogP contribution in [0.15, 0.2) is 47.3 Å². The first-order chi connectivity index (χ1) is 13.0. The van der Waals surface area contributed by atoms with Crippen LogP contribution in [0.2, 0.25) is 0 Å². The largest absolute Gasteiger partial charge is 0.378 e. The Balaban J connectivity index is 1.73. The number of fused-ring (bicyclic) bond motifs is 3. The highest BCUT2D eigenvalue weighted by Crippen LogP contribution is 2.22. The molecule has 1 N–H and O–H groups in total. The predicted octanol–water partition coefficient (Wildman–Crippen LogP) is 3.46. The van der Waals surface area contributed by atoms with Crippen molar-refractivity contribution in [2.24, 2.45) is 7.05 Å². The summed E-state index contributed by atoms with van der Waals surface area (Å²) >= 11 is 0. The molecule has 2 aromatic heterocycles. The van der Waals surface area contributed by atoms with E-state index in [1.807, 2.05) is 42.5 Å². The van der Waals surface area contributed by atoms with Crippen LogP contribution in [0.25, 0.3) is 16.7 Å². The van der Waals surface area contributed by atoms with E-state index in [2.05, 4.69) is 15.5 Å².